The van der Waals surface area contributed by atoms with E-state index in [9.17, 15) is 14.0 Å². The Balaban J connectivity index is 1.34. The van der Waals surface area contributed by atoms with Crippen LogP contribution >= 0.6 is 0 Å². The number of amides is 1. The number of nitrogens with zero attached hydrogens (tertiary/aromatic N) is 3. The lowest BCUT2D eigenvalue weighted by atomic mass is 9.96. The molecule has 184 valence electrons. The average Bonchev–Trinajstić information content (AvgIpc) is 3.52. The Labute approximate surface area is 203 Å². The molecule has 0 aliphatic carbocycles. The van der Waals surface area contributed by atoms with E-state index in [1.165, 1.54) is 11.1 Å². The third kappa shape index (κ3) is 4.86. The van der Waals surface area contributed by atoms with Crippen molar-refractivity contribution in [3.63, 3.8) is 0 Å². The molecule has 1 fully saturated rings. The van der Waals surface area contributed by atoms with Crippen LogP contribution in [0.4, 0.5) is 4.39 Å². The lowest BCUT2D eigenvalue weighted by Gasteiger charge is -2.32. The first-order valence-corrected chi connectivity index (χ1v) is 12.0. The number of rotatable bonds is 6. The van der Waals surface area contributed by atoms with Crippen LogP contribution < -0.4 is 9.47 Å². The van der Waals surface area contributed by atoms with Gasteiger partial charge < -0.3 is 14.2 Å². The Morgan fingerprint density at radius 1 is 1.11 bits per heavy atom. The van der Waals surface area contributed by atoms with Gasteiger partial charge in [-0.05, 0) is 56.6 Å². The molecule has 1 atom stereocenters. The highest BCUT2D eigenvalue weighted by Gasteiger charge is 2.36. The van der Waals surface area contributed by atoms with Crippen LogP contribution in [0.5, 0.6) is 11.5 Å². The van der Waals surface area contributed by atoms with E-state index in [1.807, 2.05) is 23.1 Å². The van der Waals surface area contributed by atoms with Gasteiger partial charge in [0.25, 0.3) is 5.91 Å². The quantitative estimate of drug-likeness (QED) is 0.588. The van der Waals surface area contributed by atoms with E-state index in [2.05, 4.69) is 5.10 Å². The summed E-state index contributed by atoms with van der Waals surface area (Å²) in [6.07, 6.45) is 1.69. The SMILES string of the molecule is CCOC(=O)C1CCN(CC(=O)N2N=C(c3ccccc3F)C[C@@H]2c2ccc3c(c2)OCO3)CC1. The number of hydrogen-bond acceptors (Lipinski definition) is 7. The van der Waals surface area contributed by atoms with Crippen LogP contribution in [0.15, 0.2) is 47.6 Å². The number of halogens is 1. The highest BCUT2D eigenvalue weighted by molar-refractivity contribution is 6.03. The van der Waals surface area contributed by atoms with Gasteiger partial charge >= 0.3 is 5.97 Å². The summed E-state index contributed by atoms with van der Waals surface area (Å²) >= 11 is 0. The second-order valence-electron chi connectivity index (χ2n) is 8.90. The van der Waals surface area contributed by atoms with Crippen LogP contribution in [-0.4, -0.2) is 60.5 Å². The maximum absolute atomic E-state index is 14.5. The predicted molar refractivity (Wildman–Crippen MR) is 126 cm³/mol. The van der Waals surface area contributed by atoms with Gasteiger partial charge in [-0.3, -0.25) is 14.5 Å². The number of likely N-dealkylation sites (tertiary alicyclic amines) is 1. The van der Waals surface area contributed by atoms with Gasteiger partial charge in [0.2, 0.25) is 6.79 Å². The molecule has 35 heavy (non-hydrogen) atoms. The van der Waals surface area contributed by atoms with Gasteiger partial charge in [-0.15, -0.1) is 0 Å². The second kappa shape index (κ2) is 10.0. The van der Waals surface area contributed by atoms with Crippen molar-refractivity contribution < 1.29 is 28.2 Å². The molecule has 3 aliphatic rings. The highest BCUT2D eigenvalue weighted by atomic mass is 19.1. The Morgan fingerprint density at radius 2 is 1.89 bits per heavy atom. The number of ether oxygens (including phenoxy) is 3. The standard InChI is InChI=1S/C26H28FN3O5/c1-2-33-26(32)17-9-11-29(12-10-17)15-25(31)30-22(18-7-8-23-24(13-18)35-16-34-23)14-21(28-30)19-5-3-4-6-20(19)27/h3-8,13,17,22H,2,9-12,14-16H2,1H3/t22-/m1/s1. The topological polar surface area (TPSA) is 80.7 Å². The number of piperidine rings is 1. The van der Waals surface area contributed by atoms with Crippen LogP contribution in [0.1, 0.15) is 43.4 Å². The molecule has 9 heteroatoms. The van der Waals surface area contributed by atoms with E-state index in [0.29, 0.717) is 61.7 Å². The third-order valence-electron chi connectivity index (χ3n) is 6.70. The molecule has 1 saturated heterocycles. The number of fused-ring (bicyclic) bond motifs is 1. The van der Waals surface area contributed by atoms with Crippen molar-refractivity contribution in [2.24, 2.45) is 11.0 Å². The summed E-state index contributed by atoms with van der Waals surface area (Å²) < 4.78 is 30.6. The number of esters is 1. The largest absolute Gasteiger partial charge is 0.466 e. The zero-order chi connectivity index (χ0) is 24.4. The molecular weight excluding hydrogens is 453 g/mol. The maximum Gasteiger partial charge on any atom is 0.309 e. The van der Waals surface area contributed by atoms with E-state index in [1.54, 1.807) is 25.1 Å². The molecule has 0 radical (unpaired) electrons. The van der Waals surface area contributed by atoms with Crippen molar-refractivity contribution in [1.82, 2.24) is 9.91 Å². The van der Waals surface area contributed by atoms with Gasteiger partial charge in [0, 0.05) is 12.0 Å². The molecule has 0 bridgehead atoms. The first-order chi connectivity index (χ1) is 17.0. The summed E-state index contributed by atoms with van der Waals surface area (Å²) in [5.41, 5.74) is 1.77. The van der Waals surface area contributed by atoms with Crippen molar-refractivity contribution in [3.8, 4) is 11.5 Å². The smallest absolute Gasteiger partial charge is 0.309 e. The molecular formula is C26H28FN3O5. The fraction of sp³-hybridized carbons (Fsp3) is 0.423. The molecule has 1 amide bonds. The third-order valence-corrected chi connectivity index (χ3v) is 6.70. The predicted octanol–water partition coefficient (Wildman–Crippen LogP) is 3.51. The zero-order valence-electron chi connectivity index (χ0n) is 19.6. The zero-order valence-corrected chi connectivity index (χ0v) is 19.6. The van der Waals surface area contributed by atoms with Gasteiger partial charge in [0.15, 0.2) is 11.5 Å². The minimum Gasteiger partial charge on any atom is -0.466 e. The number of carbonyl (C=O) groups excluding carboxylic acids is 2. The van der Waals surface area contributed by atoms with Gasteiger partial charge in [0.05, 0.1) is 30.8 Å². The van der Waals surface area contributed by atoms with Crippen molar-refractivity contribution in [2.75, 3.05) is 33.0 Å². The second-order valence-corrected chi connectivity index (χ2v) is 8.90. The molecule has 2 aromatic rings. The molecule has 2 aromatic carbocycles. The summed E-state index contributed by atoms with van der Waals surface area (Å²) in [4.78, 5) is 27.5. The van der Waals surface area contributed by atoms with E-state index in [0.717, 1.165) is 5.56 Å². The lowest BCUT2D eigenvalue weighted by molar-refractivity contribution is -0.149. The lowest BCUT2D eigenvalue weighted by Crippen LogP contribution is -2.43. The van der Waals surface area contributed by atoms with Crippen LogP contribution in [0, 0.1) is 11.7 Å². The molecule has 0 unspecified atom stereocenters. The molecule has 0 N–H and O–H groups in total. The first kappa shape index (κ1) is 23.3. The Kier molecular flexibility index (Phi) is 6.68. The summed E-state index contributed by atoms with van der Waals surface area (Å²) in [6, 6.07) is 11.7. The van der Waals surface area contributed by atoms with Crippen molar-refractivity contribution in [1.29, 1.82) is 0 Å². The first-order valence-electron chi connectivity index (χ1n) is 12.0. The molecule has 5 rings (SSSR count). The van der Waals surface area contributed by atoms with E-state index < -0.39 is 0 Å². The molecule has 3 heterocycles. The van der Waals surface area contributed by atoms with E-state index in [4.69, 9.17) is 14.2 Å². The summed E-state index contributed by atoms with van der Waals surface area (Å²) in [7, 11) is 0. The minimum atomic E-state index is -0.385. The minimum absolute atomic E-state index is 0.125. The Bertz CT molecular complexity index is 1150. The Morgan fingerprint density at radius 3 is 2.66 bits per heavy atom. The molecule has 8 nitrogen and oxygen atoms in total. The van der Waals surface area contributed by atoms with Gasteiger partial charge in [0.1, 0.15) is 5.82 Å². The average molecular weight is 482 g/mol. The normalized spacial score (nSPS) is 20.1. The number of hydrogen-bond donors (Lipinski definition) is 0. The fourth-order valence-corrected chi connectivity index (χ4v) is 4.83. The van der Waals surface area contributed by atoms with Crippen LogP contribution in [0.2, 0.25) is 0 Å². The summed E-state index contributed by atoms with van der Waals surface area (Å²) in [6.45, 7) is 3.75. The van der Waals surface area contributed by atoms with E-state index >= 15 is 0 Å². The summed E-state index contributed by atoms with van der Waals surface area (Å²) in [5, 5.41) is 6.06. The van der Waals surface area contributed by atoms with Gasteiger partial charge in [-0.1, -0.05) is 24.3 Å². The van der Waals surface area contributed by atoms with Crippen LogP contribution in [0.25, 0.3) is 0 Å². The molecule has 0 saturated carbocycles. The van der Waals surface area contributed by atoms with Crippen molar-refractivity contribution >= 4 is 17.6 Å². The highest BCUT2D eigenvalue weighted by Crippen LogP contribution is 2.39. The Hall–Kier alpha value is -3.46. The number of benzene rings is 2. The van der Waals surface area contributed by atoms with Crippen molar-refractivity contribution in [2.45, 2.75) is 32.2 Å². The van der Waals surface area contributed by atoms with E-state index in [-0.39, 0.29) is 43.0 Å². The van der Waals surface area contributed by atoms with Crippen LogP contribution in [-0.2, 0) is 14.3 Å². The number of carbonyl (C=O) groups is 2. The monoisotopic (exact) mass is 481 g/mol. The molecule has 0 spiro atoms. The maximum atomic E-state index is 14.5. The van der Waals surface area contributed by atoms with Gasteiger partial charge in [-0.25, -0.2) is 9.40 Å². The molecule has 0 aromatic heterocycles. The van der Waals surface area contributed by atoms with Crippen molar-refractivity contribution in [3.05, 3.63) is 59.4 Å². The van der Waals surface area contributed by atoms with Crippen LogP contribution in [0.3, 0.4) is 0 Å². The number of hydrazone groups is 1. The molecule has 3 aliphatic heterocycles. The summed E-state index contributed by atoms with van der Waals surface area (Å²) in [5.74, 6) is 0.444. The van der Waals surface area contributed by atoms with Gasteiger partial charge in [-0.2, -0.15) is 5.10 Å². The fourth-order valence-electron chi connectivity index (χ4n) is 4.83.